The highest BCUT2D eigenvalue weighted by molar-refractivity contribution is 7.90. The first-order chi connectivity index (χ1) is 62.4. The number of likely N-dealkylation sites (N-methyl/N-ethyl adjacent to an activating group) is 1. The number of benzene rings is 2. The number of anilines is 1. The molecule has 8 aromatic rings. The molecule has 0 saturated carbocycles. The Kier molecular flexibility index (Phi) is 45.3. The maximum absolute atomic E-state index is 10.9. The smallest absolute Gasteiger partial charge is 0.148 e. The lowest BCUT2D eigenvalue weighted by atomic mass is 9.85. The maximum atomic E-state index is 10.9. The van der Waals surface area contributed by atoms with Crippen molar-refractivity contribution in [3.05, 3.63) is 254 Å². The molecule has 3 fully saturated rings. The minimum atomic E-state index is -2.89. The van der Waals surface area contributed by atoms with Gasteiger partial charge in [-0.1, -0.05) is 246 Å². The van der Waals surface area contributed by atoms with Crippen molar-refractivity contribution in [2.75, 3.05) is 158 Å². The van der Waals surface area contributed by atoms with E-state index in [9.17, 15) is 8.42 Å². The standard InChI is InChI=1S/C15H23N3.C15H24N2O.C15H23NO.C14H22N2O.C14H24N2O.C13H22N2O2S.C13H22N2.C13H19N/c1-12-10-18(8-7-16-12)11-14-6-5-13(9-17-14)15(2,3)4;1-12(17-7-9-18-10-8-17)14-6-5-13(11-16-14)15(2,3)4;1-15(2,3)14-6-5-12-10-16(7-8-17-4)11-13(12)9-14;1-14(2,3)11-5-6-12(15-7-11)8-16-9-13(10-16)17-4;1-14(2,3)12-6-7-13(15-10-12)11-16(4)8-9-17-5;1-13(2,3)11-5-6-12(15-9-11)10-14-7-8-18(4,16)17;1-6-9-15(5)12-10-11(7-8-14-12)13(2,3)4;1-13(2,3)12-6-5-10-8-14(4)9-11(10)7-12/h5-6,9,16H,1,7-8,10-11H2,2-4H3;5-6,11-12H,7-10H2,1-4H3;5-6,9H,7-8,10-11H2,1-4H3;5-7,13H,8-10H2,1-4H3;6-7,10H,8-9,11H2,1-5H3;5-6,9,14H,7-8,10H2,1-4H3;7-8,10H,6,9H2,1-5H3;5-7H,8-9H2,1-4H3. The third-order valence-corrected chi connectivity index (χ3v) is 25.7. The summed E-state index contributed by atoms with van der Waals surface area (Å²) < 4.78 is 42.7. The van der Waals surface area contributed by atoms with Crippen molar-refractivity contribution < 1.29 is 27.4 Å². The lowest BCUT2D eigenvalue weighted by Crippen LogP contribution is -2.51. The highest BCUT2D eigenvalue weighted by Crippen LogP contribution is 2.34. The van der Waals surface area contributed by atoms with Crippen molar-refractivity contribution in [3.8, 4) is 0 Å². The Morgan fingerprint density at radius 3 is 1.35 bits per heavy atom. The van der Waals surface area contributed by atoms with Crippen LogP contribution in [-0.4, -0.2) is 227 Å². The van der Waals surface area contributed by atoms with E-state index in [2.05, 4.69) is 386 Å². The van der Waals surface area contributed by atoms with E-state index in [1.807, 2.05) is 43.2 Å². The van der Waals surface area contributed by atoms with E-state index in [1.54, 1.807) is 21.3 Å². The second-order valence-electron chi connectivity index (χ2n) is 45.4. The first-order valence-corrected chi connectivity index (χ1v) is 50.9. The molecule has 13 rings (SSSR count). The average Bonchev–Trinajstić information content (AvgIpc) is 1.67. The zero-order valence-corrected chi connectivity index (χ0v) is 90.4. The van der Waals surface area contributed by atoms with Crippen LogP contribution in [0.1, 0.15) is 288 Å². The van der Waals surface area contributed by atoms with Crippen molar-refractivity contribution in [1.82, 2.24) is 69.9 Å². The first-order valence-electron chi connectivity index (χ1n) is 48.8. The SMILES string of the molecule is C=C1CN(Cc2ccc(C(C)(C)C)cn2)CCN1.CC(C)(C)c1ccc(CNCCS(C)(=O)=O)nc1.CC(c1ccc(C(C)(C)C)cn1)N1CCOCC1.CCCN(C)c1cc(C(C)(C)C)ccn1.CN1Cc2ccc(C(C)(C)C)cc2C1.COC1CN(Cc2ccc(C(C)(C)C)cn2)C1.COCCN(C)Cc1ccc(C(C)(C)C)cn1.COCCN1Cc2ccc(C(C)(C)C)cc2C1. The number of piperazine rings is 1. The van der Waals surface area contributed by atoms with Gasteiger partial charge >= 0.3 is 0 Å². The van der Waals surface area contributed by atoms with Crippen LogP contribution in [-0.2, 0) is 124 Å². The topological polar surface area (TPSA) is 195 Å². The summed E-state index contributed by atoms with van der Waals surface area (Å²) in [5, 5.41) is 6.34. The zero-order valence-electron chi connectivity index (χ0n) is 89.6. The number of ether oxygens (including phenoxy) is 4. The Bertz CT molecular complexity index is 4790. The summed E-state index contributed by atoms with van der Waals surface area (Å²) in [6.07, 6.45) is 14.6. The second kappa shape index (κ2) is 52.8. The number of rotatable bonds is 23. The Balaban J connectivity index is 0.000000236. The minimum absolute atomic E-state index is 0.106. The Labute approximate surface area is 814 Å². The maximum Gasteiger partial charge on any atom is 0.148 e. The molecule has 2 N–H and O–H groups in total. The van der Waals surface area contributed by atoms with Gasteiger partial charge in [0.1, 0.15) is 15.7 Å². The number of pyridine rings is 6. The normalized spacial score (nSPS) is 15.7. The predicted octanol–water partition coefficient (Wildman–Crippen LogP) is 20.4. The van der Waals surface area contributed by atoms with E-state index in [1.165, 1.54) is 73.0 Å². The lowest BCUT2D eigenvalue weighted by molar-refractivity contribution is -0.0339. The predicted molar refractivity (Wildman–Crippen MR) is 562 cm³/mol. The van der Waals surface area contributed by atoms with E-state index in [-0.39, 0.29) is 49.1 Å². The highest BCUT2D eigenvalue weighted by atomic mass is 32.2. The molecule has 0 aliphatic carbocycles. The van der Waals surface area contributed by atoms with Gasteiger partial charge in [-0.2, -0.15) is 0 Å². The Morgan fingerprint density at radius 1 is 0.493 bits per heavy atom. The molecule has 22 heteroatoms. The molecule has 5 aliphatic heterocycles. The summed E-state index contributed by atoms with van der Waals surface area (Å²) in [6, 6.07) is 39.9. The Hall–Kier alpha value is -7.81. The molecule has 1 atom stereocenters. The summed E-state index contributed by atoms with van der Waals surface area (Å²) in [6.45, 7) is 83.1. The molecule has 0 spiro atoms. The Morgan fingerprint density at radius 2 is 0.918 bits per heavy atom. The number of likely N-dealkylation sites (tertiary alicyclic amines) is 1. The summed E-state index contributed by atoms with van der Waals surface area (Å²) in [5.74, 6) is 1.23. The van der Waals surface area contributed by atoms with Gasteiger partial charge < -0.3 is 34.5 Å². The van der Waals surface area contributed by atoms with Gasteiger partial charge in [0.25, 0.3) is 0 Å². The number of sulfone groups is 1. The van der Waals surface area contributed by atoms with Crippen LogP contribution in [0.15, 0.2) is 159 Å². The summed E-state index contributed by atoms with van der Waals surface area (Å²) in [7, 11) is 8.73. The lowest BCUT2D eigenvalue weighted by Gasteiger charge is -2.37. The van der Waals surface area contributed by atoms with Gasteiger partial charge in [0, 0.05) is 208 Å². The number of aromatic nitrogens is 6. The summed E-state index contributed by atoms with van der Waals surface area (Å²) >= 11 is 0. The van der Waals surface area contributed by atoms with Gasteiger partial charge in [-0.25, -0.2) is 13.4 Å². The number of morpholine rings is 1. The van der Waals surface area contributed by atoms with Gasteiger partial charge in [-0.15, -0.1) is 0 Å². The quantitative estimate of drug-likeness (QED) is 0.0573. The van der Waals surface area contributed by atoms with Crippen LogP contribution in [0, 0.1) is 0 Å². The summed E-state index contributed by atoms with van der Waals surface area (Å²) in [4.78, 5) is 43.4. The van der Waals surface area contributed by atoms with E-state index in [0.29, 0.717) is 25.2 Å². The zero-order chi connectivity index (χ0) is 99.8. The fourth-order valence-corrected chi connectivity index (χ4v) is 15.8. The van der Waals surface area contributed by atoms with Gasteiger partial charge in [-0.05, 0) is 180 Å². The third kappa shape index (κ3) is 41.5. The van der Waals surface area contributed by atoms with Gasteiger partial charge in [0.2, 0.25) is 0 Å². The van der Waals surface area contributed by atoms with E-state index in [0.717, 1.165) is 184 Å². The van der Waals surface area contributed by atoms with Gasteiger partial charge in [-0.3, -0.25) is 54.3 Å². The van der Waals surface area contributed by atoms with Crippen LogP contribution in [0.5, 0.6) is 0 Å². The number of nitrogens with one attached hydrogen (secondary N) is 2. The molecular formula is C112H179N15O6S. The molecule has 3 saturated heterocycles. The highest BCUT2D eigenvalue weighted by Gasteiger charge is 2.29. The molecule has 21 nitrogen and oxygen atoms in total. The largest absolute Gasteiger partial charge is 0.386 e. The molecule has 134 heavy (non-hydrogen) atoms. The van der Waals surface area contributed by atoms with Crippen molar-refractivity contribution >= 4 is 15.7 Å². The summed E-state index contributed by atoms with van der Waals surface area (Å²) in [5.41, 5.74) is 24.7. The van der Waals surface area contributed by atoms with Crippen LogP contribution in [0.3, 0.4) is 0 Å². The van der Waals surface area contributed by atoms with Crippen LogP contribution in [0.25, 0.3) is 0 Å². The van der Waals surface area contributed by atoms with Crippen LogP contribution < -0.4 is 15.5 Å². The molecular weight excluding hydrogens is 1680 g/mol. The van der Waals surface area contributed by atoms with Crippen LogP contribution >= 0.6 is 0 Å². The minimum Gasteiger partial charge on any atom is -0.386 e. The number of hydrogen-bond donors (Lipinski definition) is 2. The number of fused-ring (bicyclic) bond motifs is 2. The monoisotopic (exact) mass is 1860 g/mol. The number of nitrogens with zero attached hydrogens (tertiary/aromatic N) is 13. The molecule has 0 amide bonds. The molecule has 2 aromatic carbocycles. The molecule has 5 aliphatic rings. The molecule has 0 bridgehead atoms. The van der Waals surface area contributed by atoms with Crippen LogP contribution in [0.4, 0.5) is 5.82 Å². The van der Waals surface area contributed by atoms with Crippen LogP contribution in [0.2, 0.25) is 0 Å². The first kappa shape index (κ1) is 115. The van der Waals surface area contributed by atoms with Crippen molar-refractivity contribution in [2.45, 2.75) is 294 Å². The third-order valence-electron chi connectivity index (χ3n) is 24.7. The fraction of sp³-hybridized carbons (Fsp3) is 0.607. The van der Waals surface area contributed by atoms with Crippen molar-refractivity contribution in [3.63, 3.8) is 0 Å². The number of hydrogen-bond acceptors (Lipinski definition) is 21. The molecule has 744 valence electrons. The van der Waals surface area contributed by atoms with Crippen molar-refractivity contribution in [2.24, 2.45) is 0 Å². The molecule has 11 heterocycles. The van der Waals surface area contributed by atoms with E-state index in [4.69, 9.17) is 18.9 Å². The average molecular weight is 1860 g/mol. The molecule has 1 unspecified atom stereocenters. The van der Waals surface area contributed by atoms with E-state index >= 15 is 0 Å². The molecule has 6 aromatic heterocycles. The van der Waals surface area contributed by atoms with Gasteiger partial charge in [0.05, 0.1) is 66.8 Å². The van der Waals surface area contributed by atoms with E-state index < -0.39 is 9.84 Å². The van der Waals surface area contributed by atoms with Gasteiger partial charge in [0.15, 0.2) is 0 Å². The molecule has 0 radical (unpaired) electrons. The fourth-order valence-electron chi connectivity index (χ4n) is 15.3. The number of methoxy groups -OCH3 is 3. The second-order valence-corrected chi connectivity index (χ2v) is 47.7. The van der Waals surface area contributed by atoms with Crippen molar-refractivity contribution in [1.29, 1.82) is 0 Å².